The van der Waals surface area contributed by atoms with Crippen molar-refractivity contribution in [2.75, 3.05) is 52.2 Å². The Labute approximate surface area is 166 Å². The van der Waals surface area contributed by atoms with Crippen molar-refractivity contribution in [3.8, 4) is 5.75 Å². The lowest BCUT2D eigenvalue weighted by Gasteiger charge is -2.35. The van der Waals surface area contributed by atoms with E-state index in [1.165, 1.54) is 0 Å². The van der Waals surface area contributed by atoms with Crippen molar-refractivity contribution >= 4 is 47.2 Å². The molecule has 1 fully saturated rings. The fraction of sp³-hybridized carbons (Fsp3) is 0.562. The van der Waals surface area contributed by atoms with Gasteiger partial charge in [0.25, 0.3) is 0 Å². The lowest BCUT2D eigenvalue weighted by molar-refractivity contribution is 0.122. The van der Waals surface area contributed by atoms with Crippen LogP contribution in [0.5, 0.6) is 5.75 Å². The minimum absolute atomic E-state index is 0. The molecule has 0 radical (unpaired) electrons. The van der Waals surface area contributed by atoms with Crippen LogP contribution in [0.3, 0.4) is 0 Å². The average Bonchev–Trinajstić information content (AvgIpc) is 2.53. The largest absolute Gasteiger partial charge is 0.495 e. The molecule has 1 aliphatic rings. The number of guanidine groups is 1. The third-order valence-electron chi connectivity index (χ3n) is 4.11. The Balaban J connectivity index is 0.00000288. The summed E-state index contributed by atoms with van der Waals surface area (Å²) in [5.74, 6) is 1.03. The Morgan fingerprint density at radius 3 is 2.62 bits per heavy atom. The van der Waals surface area contributed by atoms with Crippen molar-refractivity contribution in [1.29, 1.82) is 0 Å². The molecular weight excluding hydrogens is 441 g/mol. The van der Waals surface area contributed by atoms with Gasteiger partial charge in [-0.2, -0.15) is 0 Å². The molecule has 0 saturated carbocycles. The molecular formula is C16H27ClIN5O. The molecule has 0 spiro atoms. The summed E-state index contributed by atoms with van der Waals surface area (Å²) < 4.78 is 5.13. The predicted octanol–water partition coefficient (Wildman–Crippen LogP) is 2.33. The first kappa shape index (κ1) is 21.3. The second-order valence-corrected chi connectivity index (χ2v) is 6.30. The molecule has 1 aromatic carbocycles. The number of nitrogens with one attached hydrogen (secondary N) is 1. The third-order valence-corrected chi connectivity index (χ3v) is 4.41. The van der Waals surface area contributed by atoms with E-state index in [1.54, 1.807) is 19.2 Å². The smallest absolute Gasteiger partial charge is 0.193 e. The molecule has 0 amide bonds. The number of hydrogen-bond acceptors (Lipinski definition) is 4. The average molecular weight is 468 g/mol. The van der Waals surface area contributed by atoms with Crippen LogP contribution in [0.25, 0.3) is 0 Å². The SMILES string of the molecule is COc1ccc(NC(N)=NCC(C)N2CCN(C)CC2)cc1Cl.I. The molecule has 0 aromatic heterocycles. The van der Waals surface area contributed by atoms with Gasteiger partial charge in [0, 0.05) is 37.9 Å². The quantitative estimate of drug-likeness (QED) is 0.395. The van der Waals surface area contributed by atoms with Gasteiger partial charge in [-0.1, -0.05) is 11.6 Å². The number of aliphatic imine (C=N–C) groups is 1. The zero-order valence-electron chi connectivity index (χ0n) is 14.5. The number of hydrogen-bond donors (Lipinski definition) is 2. The monoisotopic (exact) mass is 467 g/mol. The van der Waals surface area contributed by atoms with E-state index in [4.69, 9.17) is 22.1 Å². The lowest BCUT2D eigenvalue weighted by Crippen LogP contribution is -2.49. The zero-order chi connectivity index (χ0) is 16.8. The van der Waals surface area contributed by atoms with Gasteiger partial charge in [-0.05, 0) is 32.2 Å². The number of nitrogens with two attached hydrogens (primary N) is 1. The highest BCUT2D eigenvalue weighted by molar-refractivity contribution is 14.0. The lowest BCUT2D eigenvalue weighted by atomic mass is 10.2. The summed E-state index contributed by atoms with van der Waals surface area (Å²) in [5, 5.41) is 3.60. The Bertz CT molecular complexity index is 549. The van der Waals surface area contributed by atoms with Crippen molar-refractivity contribution in [3.63, 3.8) is 0 Å². The second kappa shape index (κ2) is 10.3. The zero-order valence-corrected chi connectivity index (χ0v) is 17.5. The molecule has 1 heterocycles. The van der Waals surface area contributed by atoms with Crippen LogP contribution in [0.15, 0.2) is 23.2 Å². The molecule has 3 N–H and O–H groups in total. The minimum atomic E-state index is 0. The maximum absolute atomic E-state index is 6.10. The van der Waals surface area contributed by atoms with E-state index < -0.39 is 0 Å². The fourth-order valence-corrected chi connectivity index (χ4v) is 2.80. The van der Waals surface area contributed by atoms with Crippen LogP contribution < -0.4 is 15.8 Å². The van der Waals surface area contributed by atoms with Crippen LogP contribution >= 0.6 is 35.6 Å². The number of piperazine rings is 1. The van der Waals surface area contributed by atoms with Crippen molar-refractivity contribution < 1.29 is 4.74 Å². The molecule has 1 unspecified atom stereocenters. The number of anilines is 1. The number of methoxy groups -OCH3 is 1. The third kappa shape index (κ3) is 6.27. The van der Waals surface area contributed by atoms with Crippen LogP contribution in [0.1, 0.15) is 6.92 Å². The van der Waals surface area contributed by atoms with E-state index in [0.29, 0.717) is 29.3 Å². The molecule has 136 valence electrons. The number of benzene rings is 1. The number of ether oxygens (including phenoxy) is 1. The van der Waals surface area contributed by atoms with E-state index in [9.17, 15) is 0 Å². The molecule has 2 rings (SSSR count). The summed E-state index contributed by atoms with van der Waals surface area (Å²) in [5.41, 5.74) is 6.76. The van der Waals surface area contributed by atoms with Crippen molar-refractivity contribution in [1.82, 2.24) is 9.80 Å². The summed E-state index contributed by atoms with van der Waals surface area (Å²) in [7, 11) is 3.74. The Hall–Kier alpha value is -0.770. The van der Waals surface area contributed by atoms with Gasteiger partial charge in [0.15, 0.2) is 5.96 Å². The maximum Gasteiger partial charge on any atom is 0.193 e. The maximum atomic E-state index is 6.10. The molecule has 0 bridgehead atoms. The van der Waals surface area contributed by atoms with Gasteiger partial charge in [-0.15, -0.1) is 24.0 Å². The van der Waals surface area contributed by atoms with E-state index in [0.717, 1.165) is 31.9 Å². The van der Waals surface area contributed by atoms with E-state index in [-0.39, 0.29) is 24.0 Å². The summed E-state index contributed by atoms with van der Waals surface area (Å²) >= 11 is 6.10. The number of likely N-dealkylation sites (N-methyl/N-ethyl adjacent to an activating group) is 1. The van der Waals surface area contributed by atoms with Gasteiger partial charge in [0.05, 0.1) is 18.7 Å². The van der Waals surface area contributed by atoms with Crippen LogP contribution in [0.2, 0.25) is 5.02 Å². The van der Waals surface area contributed by atoms with E-state index in [2.05, 4.69) is 34.1 Å². The Kier molecular flexibility index (Phi) is 9.11. The Morgan fingerprint density at radius 2 is 2.04 bits per heavy atom. The van der Waals surface area contributed by atoms with E-state index in [1.807, 2.05) is 6.07 Å². The number of halogens is 2. The molecule has 1 atom stereocenters. The summed E-state index contributed by atoms with van der Waals surface area (Å²) in [6.45, 7) is 7.22. The standard InChI is InChI=1S/C16H26ClN5O.HI/c1-12(22-8-6-21(2)7-9-22)11-19-16(18)20-13-4-5-15(23-3)14(17)10-13;/h4-5,10,12H,6-9,11H2,1-3H3,(H3,18,19,20);1H. The number of rotatable bonds is 5. The van der Waals surface area contributed by atoms with Crippen LogP contribution in [-0.4, -0.2) is 68.7 Å². The normalized spacial score (nSPS) is 17.9. The summed E-state index contributed by atoms with van der Waals surface area (Å²) in [6.07, 6.45) is 0. The van der Waals surface area contributed by atoms with Crippen molar-refractivity contribution in [2.24, 2.45) is 10.7 Å². The molecule has 1 aromatic rings. The molecule has 0 aliphatic carbocycles. The van der Waals surface area contributed by atoms with Gasteiger partial charge >= 0.3 is 0 Å². The summed E-state index contributed by atoms with van der Waals surface area (Å²) in [4.78, 5) is 9.23. The van der Waals surface area contributed by atoms with E-state index >= 15 is 0 Å². The molecule has 24 heavy (non-hydrogen) atoms. The van der Waals surface area contributed by atoms with Gasteiger partial charge in [0.1, 0.15) is 5.75 Å². The van der Waals surface area contributed by atoms with Gasteiger partial charge in [-0.25, -0.2) is 0 Å². The molecule has 8 heteroatoms. The highest BCUT2D eigenvalue weighted by Crippen LogP contribution is 2.27. The van der Waals surface area contributed by atoms with Crippen LogP contribution in [0, 0.1) is 0 Å². The molecule has 6 nitrogen and oxygen atoms in total. The van der Waals surface area contributed by atoms with Crippen LogP contribution in [-0.2, 0) is 0 Å². The molecule has 1 saturated heterocycles. The first-order chi connectivity index (χ1) is 11.0. The van der Waals surface area contributed by atoms with Crippen molar-refractivity contribution in [2.45, 2.75) is 13.0 Å². The van der Waals surface area contributed by atoms with Gasteiger partial charge in [0.2, 0.25) is 0 Å². The molecule has 1 aliphatic heterocycles. The minimum Gasteiger partial charge on any atom is -0.495 e. The fourth-order valence-electron chi connectivity index (χ4n) is 2.54. The summed E-state index contributed by atoms with van der Waals surface area (Å²) in [6, 6.07) is 5.80. The highest BCUT2D eigenvalue weighted by Gasteiger charge is 2.18. The first-order valence-electron chi connectivity index (χ1n) is 7.82. The second-order valence-electron chi connectivity index (χ2n) is 5.89. The van der Waals surface area contributed by atoms with Gasteiger partial charge in [-0.3, -0.25) is 9.89 Å². The van der Waals surface area contributed by atoms with Crippen molar-refractivity contribution in [3.05, 3.63) is 23.2 Å². The van der Waals surface area contributed by atoms with Gasteiger partial charge < -0.3 is 20.7 Å². The van der Waals surface area contributed by atoms with Crippen LogP contribution in [0.4, 0.5) is 5.69 Å². The topological polar surface area (TPSA) is 66.1 Å². The highest BCUT2D eigenvalue weighted by atomic mass is 127. The first-order valence-corrected chi connectivity index (χ1v) is 8.20. The Morgan fingerprint density at radius 1 is 1.38 bits per heavy atom. The number of nitrogens with zero attached hydrogens (tertiary/aromatic N) is 3. The predicted molar refractivity (Wildman–Crippen MR) is 112 cm³/mol.